The molecule has 0 saturated carbocycles. The topological polar surface area (TPSA) is 64.4 Å². The molecule has 0 radical (unpaired) electrons. The summed E-state index contributed by atoms with van der Waals surface area (Å²) in [5.41, 5.74) is 0.278. The summed E-state index contributed by atoms with van der Waals surface area (Å²) in [5, 5.41) is 4.72. The second-order valence-electron chi connectivity index (χ2n) is 7.31. The van der Waals surface area contributed by atoms with E-state index in [0.717, 1.165) is 5.56 Å². The maximum absolute atomic E-state index is 15.5. The van der Waals surface area contributed by atoms with Gasteiger partial charge in [0.1, 0.15) is 16.3 Å². The predicted octanol–water partition coefficient (Wildman–Crippen LogP) is 3.43. The van der Waals surface area contributed by atoms with Gasteiger partial charge in [0, 0.05) is 31.6 Å². The molecular weight excluding hydrogens is 405 g/mol. The first-order chi connectivity index (χ1) is 13.1. The Morgan fingerprint density at radius 1 is 1.29 bits per heavy atom. The van der Waals surface area contributed by atoms with Crippen molar-refractivity contribution in [3.63, 3.8) is 0 Å². The monoisotopic (exact) mass is 429 g/mol. The van der Waals surface area contributed by atoms with E-state index in [-0.39, 0.29) is 37.2 Å². The Balaban J connectivity index is 1.76. The van der Waals surface area contributed by atoms with Crippen molar-refractivity contribution < 1.29 is 17.5 Å². The molecule has 1 saturated heterocycles. The third kappa shape index (κ3) is 3.90. The van der Waals surface area contributed by atoms with Crippen LogP contribution >= 0.6 is 11.6 Å². The Morgan fingerprint density at radius 2 is 1.93 bits per heavy atom. The molecule has 2 aromatic rings. The molecule has 1 aromatic heterocycles. The van der Waals surface area contributed by atoms with Gasteiger partial charge >= 0.3 is 0 Å². The molecule has 28 heavy (non-hydrogen) atoms. The van der Waals surface area contributed by atoms with E-state index in [1.54, 1.807) is 43.8 Å². The average Bonchev–Trinajstić information content (AvgIpc) is 2.89. The van der Waals surface area contributed by atoms with Crippen molar-refractivity contribution in [2.24, 2.45) is 7.05 Å². The van der Waals surface area contributed by atoms with Gasteiger partial charge in [0.25, 0.3) is 0 Å². The molecular formula is C19H25ClFN3O3S. The maximum atomic E-state index is 15.5. The molecule has 1 aliphatic heterocycles. The van der Waals surface area contributed by atoms with Gasteiger partial charge in [0.05, 0.1) is 18.5 Å². The number of rotatable bonds is 5. The van der Waals surface area contributed by atoms with Crippen LogP contribution in [0.25, 0.3) is 0 Å². The highest BCUT2D eigenvalue weighted by Gasteiger charge is 2.40. The molecule has 0 amide bonds. The number of piperidine rings is 1. The predicted molar refractivity (Wildman–Crippen MR) is 106 cm³/mol. The number of aryl methyl sites for hydroxylation is 2. The maximum Gasteiger partial charge on any atom is 0.246 e. The highest BCUT2D eigenvalue weighted by Crippen LogP contribution is 2.36. The molecule has 9 heteroatoms. The molecule has 0 N–H and O–H groups in total. The van der Waals surface area contributed by atoms with Crippen LogP contribution in [0.5, 0.6) is 5.75 Å². The Bertz CT molecular complexity index is 983. The van der Waals surface area contributed by atoms with Gasteiger partial charge < -0.3 is 4.74 Å². The van der Waals surface area contributed by atoms with Crippen molar-refractivity contribution in [2.45, 2.75) is 43.7 Å². The van der Waals surface area contributed by atoms with Crippen LogP contribution in [0.15, 0.2) is 23.1 Å². The zero-order valence-electron chi connectivity index (χ0n) is 16.5. The zero-order valence-corrected chi connectivity index (χ0v) is 18.1. The number of alkyl halides is 1. The van der Waals surface area contributed by atoms with E-state index >= 15 is 4.39 Å². The fourth-order valence-corrected chi connectivity index (χ4v) is 5.77. The Kier molecular flexibility index (Phi) is 5.76. The third-order valence-electron chi connectivity index (χ3n) is 5.42. The lowest BCUT2D eigenvalue weighted by Gasteiger charge is -2.36. The number of halogens is 2. The van der Waals surface area contributed by atoms with E-state index in [0.29, 0.717) is 22.2 Å². The molecule has 0 atom stereocenters. The van der Waals surface area contributed by atoms with E-state index < -0.39 is 15.7 Å². The SMILES string of the molecule is COc1cc(Cl)ccc1CC1(F)CCN(S(=O)(=O)c2c(C)nn(C)c2C)CC1. The van der Waals surface area contributed by atoms with E-state index in [1.165, 1.54) is 11.4 Å². The van der Waals surface area contributed by atoms with Crippen molar-refractivity contribution in [3.8, 4) is 5.75 Å². The molecule has 1 aromatic carbocycles. The normalized spacial score (nSPS) is 17.6. The van der Waals surface area contributed by atoms with Crippen molar-refractivity contribution in [1.82, 2.24) is 14.1 Å². The lowest BCUT2D eigenvalue weighted by molar-refractivity contribution is 0.0882. The minimum Gasteiger partial charge on any atom is -0.496 e. The van der Waals surface area contributed by atoms with Gasteiger partial charge in [-0.2, -0.15) is 9.40 Å². The molecule has 154 valence electrons. The first kappa shape index (κ1) is 21.1. The second-order valence-corrected chi connectivity index (χ2v) is 9.62. The Morgan fingerprint density at radius 3 is 2.46 bits per heavy atom. The van der Waals surface area contributed by atoms with Gasteiger partial charge in [0.2, 0.25) is 10.0 Å². The van der Waals surface area contributed by atoms with Gasteiger partial charge in [0.15, 0.2) is 0 Å². The molecule has 0 bridgehead atoms. The van der Waals surface area contributed by atoms with E-state index in [1.807, 2.05) is 0 Å². The van der Waals surface area contributed by atoms with Gasteiger partial charge in [-0.25, -0.2) is 12.8 Å². The van der Waals surface area contributed by atoms with Crippen LogP contribution in [0.4, 0.5) is 4.39 Å². The van der Waals surface area contributed by atoms with Gasteiger partial charge in [-0.15, -0.1) is 0 Å². The summed E-state index contributed by atoms with van der Waals surface area (Å²) in [6.45, 7) is 3.66. The van der Waals surface area contributed by atoms with E-state index in [2.05, 4.69) is 5.10 Å². The van der Waals surface area contributed by atoms with Crippen LogP contribution in [0.2, 0.25) is 5.02 Å². The standard InChI is InChI=1S/C19H25ClFN3O3S/c1-13-18(14(2)23(3)22-13)28(25,26)24-9-7-19(21,8-10-24)12-15-5-6-16(20)11-17(15)27-4/h5-6,11H,7-10,12H2,1-4H3. The van der Waals surface area contributed by atoms with Crippen LogP contribution in [0, 0.1) is 13.8 Å². The van der Waals surface area contributed by atoms with Crippen molar-refractivity contribution >= 4 is 21.6 Å². The summed E-state index contributed by atoms with van der Waals surface area (Å²) < 4.78 is 49.8. The zero-order chi connectivity index (χ0) is 20.7. The summed E-state index contributed by atoms with van der Waals surface area (Å²) in [4.78, 5) is 0.223. The summed E-state index contributed by atoms with van der Waals surface area (Å²) in [7, 11) is -0.469. The first-order valence-corrected chi connectivity index (χ1v) is 10.9. The summed E-state index contributed by atoms with van der Waals surface area (Å²) in [6.07, 6.45) is 0.402. The number of hydrogen-bond donors (Lipinski definition) is 0. The summed E-state index contributed by atoms with van der Waals surface area (Å²) >= 11 is 5.97. The Hall–Kier alpha value is -1.64. The van der Waals surface area contributed by atoms with Crippen molar-refractivity contribution in [1.29, 1.82) is 0 Å². The van der Waals surface area contributed by atoms with Gasteiger partial charge in [-0.3, -0.25) is 4.68 Å². The molecule has 1 aliphatic rings. The minimum absolute atomic E-state index is 0.121. The molecule has 0 unspecified atom stereocenters. The van der Waals surface area contributed by atoms with Crippen LogP contribution in [-0.4, -0.2) is 48.4 Å². The van der Waals surface area contributed by atoms with Gasteiger partial charge in [-0.05, 0) is 44.4 Å². The average molecular weight is 430 g/mol. The summed E-state index contributed by atoms with van der Waals surface area (Å²) in [6, 6.07) is 5.12. The first-order valence-electron chi connectivity index (χ1n) is 9.09. The van der Waals surface area contributed by atoms with Crippen molar-refractivity contribution in [2.75, 3.05) is 20.2 Å². The molecule has 2 heterocycles. The highest BCUT2D eigenvalue weighted by molar-refractivity contribution is 7.89. The number of sulfonamides is 1. The van der Waals surface area contributed by atoms with E-state index in [4.69, 9.17) is 16.3 Å². The van der Waals surface area contributed by atoms with Crippen LogP contribution in [0.1, 0.15) is 29.8 Å². The molecule has 6 nitrogen and oxygen atoms in total. The molecule has 1 fully saturated rings. The number of nitrogens with zero attached hydrogens (tertiary/aromatic N) is 3. The second kappa shape index (κ2) is 7.65. The lowest BCUT2D eigenvalue weighted by atomic mass is 9.87. The fourth-order valence-electron chi connectivity index (χ4n) is 3.77. The number of ether oxygens (including phenoxy) is 1. The molecule has 3 rings (SSSR count). The third-order valence-corrected chi connectivity index (χ3v) is 7.80. The molecule has 0 spiro atoms. The van der Waals surface area contributed by atoms with Crippen LogP contribution in [-0.2, 0) is 23.5 Å². The fraction of sp³-hybridized carbons (Fsp3) is 0.526. The number of benzene rings is 1. The van der Waals surface area contributed by atoms with E-state index in [9.17, 15) is 8.42 Å². The number of aromatic nitrogens is 2. The largest absolute Gasteiger partial charge is 0.496 e. The van der Waals surface area contributed by atoms with Crippen LogP contribution < -0.4 is 4.74 Å². The minimum atomic E-state index is -3.70. The quantitative estimate of drug-likeness (QED) is 0.730. The smallest absolute Gasteiger partial charge is 0.246 e. The highest BCUT2D eigenvalue weighted by atomic mass is 35.5. The molecule has 0 aliphatic carbocycles. The Labute approximate surface area is 170 Å². The summed E-state index contributed by atoms with van der Waals surface area (Å²) in [5.74, 6) is 0.543. The van der Waals surface area contributed by atoms with Crippen molar-refractivity contribution in [3.05, 3.63) is 40.2 Å². The van der Waals surface area contributed by atoms with Gasteiger partial charge in [-0.1, -0.05) is 17.7 Å². The lowest BCUT2D eigenvalue weighted by Crippen LogP contribution is -2.45. The van der Waals surface area contributed by atoms with Crippen LogP contribution in [0.3, 0.4) is 0 Å². The number of hydrogen-bond acceptors (Lipinski definition) is 4. The number of methoxy groups -OCH3 is 1.